The number of nitrogens with one attached hydrogen (secondary N) is 1. The van der Waals surface area contributed by atoms with Crippen molar-refractivity contribution in [1.29, 1.82) is 0 Å². The zero-order valence-corrected chi connectivity index (χ0v) is 13.9. The molecule has 2 rings (SSSR count). The summed E-state index contributed by atoms with van der Waals surface area (Å²) in [6.45, 7) is 1.46. The van der Waals surface area contributed by atoms with Crippen LogP contribution in [0.2, 0.25) is 10.0 Å². The molecule has 0 saturated carbocycles. The van der Waals surface area contributed by atoms with Crippen LogP contribution in [-0.2, 0) is 4.57 Å². The fourth-order valence-electron chi connectivity index (χ4n) is 1.70. The minimum Gasteiger partial charge on any atom is -0.493 e. The molecule has 1 N–H and O–H groups in total. The van der Waals surface area contributed by atoms with Crippen LogP contribution in [0.15, 0.2) is 42.5 Å². The maximum atomic E-state index is 12.6. The van der Waals surface area contributed by atoms with Gasteiger partial charge in [-0.3, -0.25) is 4.57 Å². The Bertz CT molecular complexity index is 694. The molecule has 0 aromatic heterocycles. The summed E-state index contributed by atoms with van der Waals surface area (Å²) in [6.07, 6.45) is 0. The topological polar surface area (TPSA) is 47.6 Å². The van der Waals surface area contributed by atoms with Crippen molar-refractivity contribution in [2.24, 2.45) is 0 Å². The average Bonchev–Trinajstić information content (AvgIpc) is 2.42. The third-order valence-electron chi connectivity index (χ3n) is 2.60. The first-order valence-electron chi connectivity index (χ1n) is 6.05. The minimum atomic E-state index is -3.18. The number of para-hydroxylation sites is 2. The van der Waals surface area contributed by atoms with Crippen LogP contribution in [0.3, 0.4) is 0 Å². The summed E-state index contributed by atoms with van der Waals surface area (Å²) in [5.41, 5.74) is 0.488. The molecule has 0 aliphatic carbocycles. The van der Waals surface area contributed by atoms with Gasteiger partial charge in [-0.2, -0.15) is 0 Å². The van der Waals surface area contributed by atoms with Gasteiger partial charge in [0, 0.05) is 11.7 Å². The van der Waals surface area contributed by atoms with Gasteiger partial charge in [0.25, 0.3) is 0 Å². The molecule has 0 unspecified atom stereocenters. The molecule has 0 spiro atoms. The highest BCUT2D eigenvalue weighted by atomic mass is 35.5. The van der Waals surface area contributed by atoms with Crippen LogP contribution < -0.4 is 14.3 Å². The molecule has 0 saturated heterocycles. The highest BCUT2D eigenvalue weighted by Gasteiger charge is 2.20. The number of benzene rings is 2. The van der Waals surface area contributed by atoms with Crippen LogP contribution in [-0.4, -0.2) is 13.8 Å². The lowest BCUT2D eigenvalue weighted by molar-refractivity contribution is 0.391. The minimum absolute atomic E-state index is 0.369. The Labute approximate surface area is 133 Å². The SMILES string of the molecule is COc1ccccc1O[P@@](C)(=O)Nc1ccc(Cl)cc1Cl. The standard InChI is InChI=1S/C14H14Cl2NO3P/c1-19-13-5-3-4-6-14(13)20-21(2,18)17-12-8-7-10(15)9-11(12)16/h3-9H,1-2H3,(H,17,18)/t21-/m1/s1. The molecule has 0 amide bonds. The Morgan fingerprint density at radius 3 is 2.38 bits per heavy atom. The van der Waals surface area contributed by atoms with Gasteiger partial charge < -0.3 is 14.3 Å². The van der Waals surface area contributed by atoms with Crippen LogP contribution >= 0.6 is 30.7 Å². The number of hydrogen-bond donors (Lipinski definition) is 1. The molecular weight excluding hydrogens is 332 g/mol. The Kier molecular flexibility index (Phi) is 5.04. The van der Waals surface area contributed by atoms with E-state index in [-0.39, 0.29) is 0 Å². The summed E-state index contributed by atoms with van der Waals surface area (Å²) in [6, 6.07) is 11.8. The Morgan fingerprint density at radius 1 is 1.10 bits per heavy atom. The Balaban J connectivity index is 2.20. The van der Waals surface area contributed by atoms with Crippen molar-refractivity contribution < 1.29 is 13.8 Å². The van der Waals surface area contributed by atoms with Crippen molar-refractivity contribution in [2.45, 2.75) is 0 Å². The molecule has 0 fully saturated rings. The second kappa shape index (κ2) is 6.61. The third-order valence-corrected chi connectivity index (χ3v) is 4.34. The van der Waals surface area contributed by atoms with Crippen molar-refractivity contribution in [2.75, 3.05) is 18.9 Å². The highest BCUT2D eigenvalue weighted by molar-refractivity contribution is 7.60. The zero-order valence-electron chi connectivity index (χ0n) is 11.5. The van der Waals surface area contributed by atoms with E-state index in [1.165, 1.54) is 13.8 Å². The summed E-state index contributed by atoms with van der Waals surface area (Å²) in [5.74, 6) is 0.895. The summed E-state index contributed by atoms with van der Waals surface area (Å²) < 4.78 is 23.3. The third kappa shape index (κ3) is 4.31. The maximum Gasteiger partial charge on any atom is 0.338 e. The molecule has 0 radical (unpaired) electrons. The van der Waals surface area contributed by atoms with Gasteiger partial charge in [0.15, 0.2) is 11.5 Å². The van der Waals surface area contributed by atoms with E-state index >= 15 is 0 Å². The van der Waals surface area contributed by atoms with Crippen LogP contribution in [0.1, 0.15) is 0 Å². The predicted octanol–water partition coefficient (Wildman–Crippen LogP) is 5.32. The van der Waals surface area contributed by atoms with Gasteiger partial charge in [-0.1, -0.05) is 35.3 Å². The van der Waals surface area contributed by atoms with E-state index in [0.29, 0.717) is 27.2 Å². The molecule has 112 valence electrons. The van der Waals surface area contributed by atoms with E-state index in [4.69, 9.17) is 32.5 Å². The summed E-state index contributed by atoms with van der Waals surface area (Å²) in [7, 11) is -1.66. The molecule has 21 heavy (non-hydrogen) atoms. The second-order valence-electron chi connectivity index (χ2n) is 4.32. The number of rotatable bonds is 5. The van der Waals surface area contributed by atoms with E-state index < -0.39 is 7.52 Å². The van der Waals surface area contributed by atoms with Gasteiger partial charge >= 0.3 is 7.52 Å². The van der Waals surface area contributed by atoms with Gasteiger partial charge in [0.1, 0.15) is 0 Å². The van der Waals surface area contributed by atoms with Gasteiger partial charge in [0.05, 0.1) is 17.8 Å². The number of hydrogen-bond acceptors (Lipinski definition) is 3. The number of halogens is 2. The Morgan fingerprint density at radius 2 is 1.76 bits per heavy atom. The van der Waals surface area contributed by atoms with E-state index in [0.717, 1.165) is 0 Å². The lowest BCUT2D eigenvalue weighted by atomic mass is 10.3. The largest absolute Gasteiger partial charge is 0.493 e. The van der Waals surface area contributed by atoms with E-state index in [9.17, 15) is 4.57 Å². The number of ether oxygens (including phenoxy) is 1. The quantitative estimate of drug-likeness (QED) is 0.745. The first-order valence-corrected chi connectivity index (χ1v) is 8.87. The molecular formula is C14H14Cl2NO3P. The molecule has 7 heteroatoms. The number of methoxy groups -OCH3 is 1. The first kappa shape index (κ1) is 16.0. The van der Waals surface area contributed by atoms with Gasteiger partial charge in [-0.25, -0.2) is 0 Å². The fourth-order valence-corrected chi connectivity index (χ4v) is 3.43. The van der Waals surface area contributed by atoms with E-state index in [1.807, 2.05) is 0 Å². The van der Waals surface area contributed by atoms with Crippen LogP contribution in [0, 0.1) is 0 Å². The Hall–Kier alpha value is -1.35. The summed E-state index contributed by atoms with van der Waals surface area (Å²) >= 11 is 11.9. The molecule has 0 aliphatic rings. The van der Waals surface area contributed by atoms with Crippen molar-refractivity contribution in [3.63, 3.8) is 0 Å². The molecule has 1 atom stereocenters. The van der Waals surface area contributed by atoms with E-state index in [1.54, 1.807) is 42.5 Å². The highest BCUT2D eigenvalue weighted by Crippen LogP contribution is 2.47. The monoisotopic (exact) mass is 345 g/mol. The van der Waals surface area contributed by atoms with Crippen LogP contribution in [0.5, 0.6) is 11.5 Å². The van der Waals surface area contributed by atoms with Gasteiger partial charge in [-0.05, 0) is 30.3 Å². The summed E-state index contributed by atoms with van der Waals surface area (Å²) in [4.78, 5) is 0. The van der Waals surface area contributed by atoms with Crippen LogP contribution in [0.4, 0.5) is 5.69 Å². The van der Waals surface area contributed by atoms with Crippen molar-refractivity contribution in [1.82, 2.24) is 0 Å². The predicted molar refractivity (Wildman–Crippen MR) is 87.2 cm³/mol. The van der Waals surface area contributed by atoms with Crippen LogP contribution in [0.25, 0.3) is 0 Å². The fraction of sp³-hybridized carbons (Fsp3) is 0.143. The second-order valence-corrected chi connectivity index (χ2v) is 7.27. The van der Waals surface area contributed by atoms with Gasteiger partial charge in [0.2, 0.25) is 0 Å². The maximum absolute atomic E-state index is 12.6. The molecule has 4 nitrogen and oxygen atoms in total. The lowest BCUT2D eigenvalue weighted by Gasteiger charge is -2.19. The molecule has 2 aromatic carbocycles. The molecule has 0 heterocycles. The molecule has 0 bridgehead atoms. The average molecular weight is 346 g/mol. The molecule has 2 aromatic rings. The first-order chi connectivity index (χ1) is 9.91. The molecule has 0 aliphatic heterocycles. The van der Waals surface area contributed by atoms with Gasteiger partial charge in [-0.15, -0.1) is 0 Å². The van der Waals surface area contributed by atoms with Crippen molar-refractivity contribution >= 4 is 36.4 Å². The van der Waals surface area contributed by atoms with Crippen molar-refractivity contribution in [3.05, 3.63) is 52.5 Å². The normalized spacial score (nSPS) is 13.3. The van der Waals surface area contributed by atoms with E-state index in [2.05, 4.69) is 5.09 Å². The zero-order chi connectivity index (χ0) is 15.5. The summed E-state index contributed by atoms with van der Waals surface area (Å²) in [5, 5.41) is 3.67. The lowest BCUT2D eigenvalue weighted by Crippen LogP contribution is -2.03. The smallest absolute Gasteiger partial charge is 0.338 e. The van der Waals surface area contributed by atoms with Crippen molar-refractivity contribution in [3.8, 4) is 11.5 Å². The number of anilines is 1.